The van der Waals surface area contributed by atoms with Crippen LogP contribution in [0.5, 0.6) is 11.5 Å². The topological polar surface area (TPSA) is 213 Å². The summed E-state index contributed by atoms with van der Waals surface area (Å²) in [4.78, 5) is 26.3. The molecule has 5 rings (SSSR count). The third kappa shape index (κ3) is 4.47. The molecule has 2 heterocycles. The van der Waals surface area contributed by atoms with E-state index < -0.39 is 85.0 Å². The summed E-state index contributed by atoms with van der Waals surface area (Å²) in [6.45, 7) is -0.864. The largest absolute Gasteiger partial charge is 0.504 e. The zero-order valence-electron chi connectivity index (χ0n) is 19.7. The van der Waals surface area contributed by atoms with Crippen molar-refractivity contribution in [2.75, 3.05) is 13.2 Å². The van der Waals surface area contributed by atoms with Gasteiger partial charge in [0.25, 0.3) is 0 Å². The van der Waals surface area contributed by atoms with Crippen molar-refractivity contribution in [1.82, 2.24) is 0 Å². The number of aromatic hydroxyl groups is 1. The summed E-state index contributed by atoms with van der Waals surface area (Å²) in [5.74, 6) is -2.10. The smallest absolute Gasteiger partial charge is 0.229 e. The van der Waals surface area contributed by atoms with Gasteiger partial charge < -0.3 is 54.7 Å². The van der Waals surface area contributed by atoms with Crippen LogP contribution >= 0.6 is 0 Å². The normalized spacial score (nSPS) is 34.9. The minimum Gasteiger partial charge on any atom is -0.504 e. The predicted octanol–water partition coefficient (Wildman–Crippen LogP) is -2.19. The molecule has 2 aromatic carbocycles. The highest BCUT2D eigenvalue weighted by atomic mass is 16.7. The van der Waals surface area contributed by atoms with Crippen LogP contribution in [0.2, 0.25) is 0 Å². The van der Waals surface area contributed by atoms with Gasteiger partial charge in [0.2, 0.25) is 6.29 Å². The maximum absolute atomic E-state index is 13.3. The van der Waals surface area contributed by atoms with E-state index in [1.165, 1.54) is 18.2 Å². The molecule has 7 N–H and O–H groups in total. The summed E-state index contributed by atoms with van der Waals surface area (Å²) in [5.41, 5.74) is -0.0395. The Kier molecular flexibility index (Phi) is 7.21. The summed E-state index contributed by atoms with van der Waals surface area (Å²) < 4.78 is 21.7. The Morgan fingerprint density at radius 1 is 0.763 bits per heavy atom. The lowest BCUT2D eigenvalue weighted by Crippen LogP contribution is -2.61. The summed E-state index contributed by atoms with van der Waals surface area (Å²) in [6, 6.07) is 8.52. The third-order valence-electron chi connectivity index (χ3n) is 6.81. The van der Waals surface area contributed by atoms with Gasteiger partial charge in [-0.2, -0.15) is 0 Å². The molecule has 0 unspecified atom stereocenters. The van der Waals surface area contributed by atoms with Crippen molar-refractivity contribution in [3.05, 3.63) is 58.7 Å². The highest BCUT2D eigenvalue weighted by molar-refractivity contribution is 6.29. The predicted molar refractivity (Wildman–Crippen MR) is 122 cm³/mol. The molecule has 3 aliphatic rings. The SMILES string of the molecule is O=C1c2ccccc2C(=O)c2c1ccc(O)c2O[C@@H]1O[C@H](CO[C@@H]2OC[C@@H](O)[C@H](O)[C@H]2O)[C@@H](O)[C@H](O)[C@H]1O. The van der Waals surface area contributed by atoms with Crippen LogP contribution in [0, 0.1) is 0 Å². The van der Waals surface area contributed by atoms with Crippen molar-refractivity contribution in [2.45, 2.75) is 55.3 Å². The van der Waals surface area contributed by atoms with E-state index in [1.54, 1.807) is 12.1 Å². The number of hydrogen-bond acceptors (Lipinski definition) is 13. The fraction of sp³-hybridized carbons (Fsp3) is 0.440. The standard InChI is InChI=1S/C25H26O13/c26-12-6-5-11-15(17(29)10-4-2-1-3-9(10)16(11)28)23(12)38-25-22(34)20(32)19(31)14(37-25)8-36-24-21(33)18(30)13(27)7-35-24/h1-6,13-14,18-22,24-27,30-34H,7-8H2/t13-,14-,18+,19-,20+,21-,22-,24+,25+/m1/s1. The Balaban J connectivity index is 1.38. The number of aliphatic hydroxyl groups excluding tert-OH is 6. The van der Waals surface area contributed by atoms with E-state index in [-0.39, 0.29) is 28.9 Å². The number of fused-ring (bicyclic) bond motifs is 2. The number of rotatable bonds is 5. The average molecular weight is 534 g/mol. The van der Waals surface area contributed by atoms with Crippen LogP contribution in [0.1, 0.15) is 31.8 Å². The number of ether oxygens (including phenoxy) is 4. The molecular weight excluding hydrogens is 508 g/mol. The van der Waals surface area contributed by atoms with E-state index in [0.29, 0.717) is 0 Å². The van der Waals surface area contributed by atoms with Gasteiger partial charge >= 0.3 is 0 Å². The maximum atomic E-state index is 13.3. The zero-order valence-corrected chi connectivity index (χ0v) is 19.7. The number of hydrogen-bond donors (Lipinski definition) is 7. The van der Waals surface area contributed by atoms with Crippen molar-refractivity contribution >= 4 is 11.6 Å². The average Bonchev–Trinajstić information content (AvgIpc) is 2.91. The lowest BCUT2D eigenvalue weighted by molar-refractivity contribution is -0.307. The Labute approximate surface area is 215 Å². The third-order valence-corrected chi connectivity index (χ3v) is 6.81. The molecule has 0 amide bonds. The van der Waals surface area contributed by atoms with Crippen LogP contribution < -0.4 is 4.74 Å². The second-order valence-corrected chi connectivity index (χ2v) is 9.26. The lowest BCUT2D eigenvalue weighted by atomic mass is 9.83. The number of ketones is 2. The molecule has 0 spiro atoms. The van der Waals surface area contributed by atoms with Gasteiger partial charge in [0, 0.05) is 16.7 Å². The molecular formula is C25H26O13. The van der Waals surface area contributed by atoms with Crippen LogP contribution in [0.15, 0.2) is 36.4 Å². The maximum Gasteiger partial charge on any atom is 0.229 e. The van der Waals surface area contributed by atoms with Gasteiger partial charge in [-0.05, 0) is 12.1 Å². The Bertz CT molecular complexity index is 1230. The van der Waals surface area contributed by atoms with Gasteiger partial charge in [0.1, 0.15) is 42.7 Å². The first-order valence-electron chi connectivity index (χ1n) is 11.8. The molecule has 13 heteroatoms. The quantitative estimate of drug-likeness (QED) is 0.186. The Morgan fingerprint density at radius 3 is 2.13 bits per heavy atom. The minimum atomic E-state index is -1.85. The van der Waals surface area contributed by atoms with Gasteiger partial charge in [-0.3, -0.25) is 9.59 Å². The second-order valence-electron chi connectivity index (χ2n) is 9.26. The first-order chi connectivity index (χ1) is 18.1. The second kappa shape index (κ2) is 10.3. The number of phenolic OH excluding ortho intramolecular Hbond substituents is 1. The summed E-state index contributed by atoms with van der Waals surface area (Å²) in [6.07, 6.45) is -14.4. The fourth-order valence-corrected chi connectivity index (χ4v) is 4.65. The van der Waals surface area contributed by atoms with Gasteiger partial charge in [-0.25, -0.2) is 0 Å². The van der Waals surface area contributed by atoms with Crippen molar-refractivity contribution in [3.8, 4) is 11.5 Å². The van der Waals surface area contributed by atoms with E-state index >= 15 is 0 Å². The summed E-state index contributed by atoms with van der Waals surface area (Å²) in [7, 11) is 0. The van der Waals surface area contributed by atoms with Gasteiger partial charge in [0.05, 0.1) is 18.8 Å². The molecule has 0 aromatic heterocycles. The molecule has 0 radical (unpaired) electrons. The van der Waals surface area contributed by atoms with Crippen molar-refractivity contribution in [3.63, 3.8) is 0 Å². The monoisotopic (exact) mass is 534 g/mol. The van der Waals surface area contributed by atoms with Crippen molar-refractivity contribution < 1.29 is 64.3 Å². The van der Waals surface area contributed by atoms with E-state index in [1.807, 2.05) is 0 Å². The molecule has 9 atom stereocenters. The zero-order chi connectivity index (χ0) is 27.3. The van der Waals surface area contributed by atoms with Crippen molar-refractivity contribution in [1.29, 1.82) is 0 Å². The molecule has 13 nitrogen and oxygen atoms in total. The van der Waals surface area contributed by atoms with Crippen LogP contribution in [0.4, 0.5) is 0 Å². The molecule has 0 bridgehead atoms. The van der Waals surface area contributed by atoms with E-state index in [9.17, 15) is 45.3 Å². The number of phenols is 1. The molecule has 204 valence electrons. The van der Waals surface area contributed by atoms with Crippen LogP contribution in [0.3, 0.4) is 0 Å². The van der Waals surface area contributed by atoms with Crippen LogP contribution in [-0.2, 0) is 14.2 Å². The van der Waals surface area contributed by atoms with E-state index in [4.69, 9.17) is 18.9 Å². The van der Waals surface area contributed by atoms with Crippen LogP contribution in [0.25, 0.3) is 0 Å². The highest BCUT2D eigenvalue weighted by Crippen LogP contribution is 2.40. The minimum absolute atomic E-state index is 0.0450. The van der Waals surface area contributed by atoms with E-state index in [0.717, 1.165) is 6.07 Å². The molecule has 0 saturated carbocycles. The first kappa shape index (κ1) is 26.6. The molecule has 2 saturated heterocycles. The number of aliphatic hydroxyl groups is 6. The van der Waals surface area contributed by atoms with Gasteiger partial charge in [-0.1, -0.05) is 24.3 Å². The van der Waals surface area contributed by atoms with Gasteiger partial charge in [0.15, 0.2) is 29.4 Å². The number of carbonyl (C=O) groups excluding carboxylic acids is 2. The highest BCUT2D eigenvalue weighted by Gasteiger charge is 2.47. The molecule has 38 heavy (non-hydrogen) atoms. The number of benzene rings is 2. The lowest BCUT2D eigenvalue weighted by Gasteiger charge is -2.41. The summed E-state index contributed by atoms with van der Waals surface area (Å²) >= 11 is 0. The van der Waals surface area contributed by atoms with Gasteiger partial charge in [-0.15, -0.1) is 0 Å². The van der Waals surface area contributed by atoms with Crippen LogP contribution in [-0.4, -0.2) is 116 Å². The fourth-order valence-electron chi connectivity index (χ4n) is 4.65. The number of carbonyl (C=O) groups is 2. The molecule has 2 aliphatic heterocycles. The molecule has 2 fully saturated rings. The summed E-state index contributed by atoms with van der Waals surface area (Å²) in [5, 5.41) is 71.3. The van der Waals surface area contributed by atoms with E-state index in [2.05, 4.69) is 0 Å². The van der Waals surface area contributed by atoms with Crippen molar-refractivity contribution in [2.24, 2.45) is 0 Å². The molecule has 2 aromatic rings. The first-order valence-corrected chi connectivity index (χ1v) is 11.8. The molecule has 1 aliphatic carbocycles. The Morgan fingerprint density at radius 2 is 1.42 bits per heavy atom. The Hall–Kier alpha value is -2.98.